The molecule has 2 aromatic heterocycles. The van der Waals surface area contributed by atoms with E-state index in [1.54, 1.807) is 37.8 Å². The van der Waals surface area contributed by atoms with Crippen molar-refractivity contribution in [2.75, 3.05) is 24.5 Å². The van der Waals surface area contributed by atoms with Crippen molar-refractivity contribution in [1.29, 1.82) is 0 Å². The lowest BCUT2D eigenvalue weighted by Crippen LogP contribution is -2.43. The van der Waals surface area contributed by atoms with Crippen LogP contribution in [0.1, 0.15) is 71.9 Å². The van der Waals surface area contributed by atoms with Crippen molar-refractivity contribution in [2.24, 2.45) is 23.7 Å². The highest BCUT2D eigenvalue weighted by Crippen LogP contribution is 2.36. The van der Waals surface area contributed by atoms with E-state index >= 15 is 0 Å². The van der Waals surface area contributed by atoms with E-state index in [0.29, 0.717) is 12.5 Å². The third-order valence-corrected chi connectivity index (χ3v) is 11.6. The number of ketones is 1. The van der Waals surface area contributed by atoms with Crippen LogP contribution < -0.4 is 4.90 Å². The van der Waals surface area contributed by atoms with Gasteiger partial charge in [-0.3, -0.25) is 9.69 Å². The molecule has 3 heterocycles. The second kappa shape index (κ2) is 16.5. The van der Waals surface area contributed by atoms with E-state index in [0.717, 1.165) is 39.3 Å². The molecule has 3 atom stereocenters. The van der Waals surface area contributed by atoms with Gasteiger partial charge in [0.1, 0.15) is 17.7 Å². The van der Waals surface area contributed by atoms with Crippen LogP contribution in [0.3, 0.4) is 0 Å². The Hall–Kier alpha value is -4.78. The number of aryl methyl sites for hydroxylation is 1. The Labute approximate surface area is 312 Å². The van der Waals surface area contributed by atoms with Crippen molar-refractivity contribution < 1.29 is 32.3 Å². The molecule has 0 aliphatic carbocycles. The summed E-state index contributed by atoms with van der Waals surface area (Å²) in [7, 11) is -3.99. The first-order valence-electron chi connectivity index (χ1n) is 18.3. The number of amides is 2. The van der Waals surface area contributed by atoms with Gasteiger partial charge in [-0.2, -0.15) is 0 Å². The highest BCUT2D eigenvalue weighted by atomic mass is 32.2. The van der Waals surface area contributed by atoms with Crippen molar-refractivity contribution >= 4 is 45.0 Å². The number of aromatic nitrogens is 3. The molecule has 2 aromatic carbocycles. The molecular formula is C40H51N5O7S. The standard InChI is InChI=1S/C40H51N5O7S/c1-8-29(9-2)21-28(4)32-23-43(38(47)51-26-30-13-11-10-12-14-30)24-33(32)35(46)25-44(39(48)52-40(5,6)7)36-22-41-37-34(42-36)19-20-45(37)53(49,50)31-17-15-27(3)16-18-31/h10-20,22,28-29,32-33H,8-9,21,23-26H2,1-7H3/t28?,32-,33-/m0/s1. The van der Waals surface area contributed by atoms with Crippen molar-refractivity contribution in [2.45, 2.75) is 84.8 Å². The number of hydrogen-bond acceptors (Lipinski definition) is 9. The first kappa shape index (κ1) is 39.4. The molecule has 12 nitrogen and oxygen atoms in total. The van der Waals surface area contributed by atoms with Gasteiger partial charge in [-0.05, 0) is 75.6 Å². The monoisotopic (exact) mass is 745 g/mol. The van der Waals surface area contributed by atoms with Crippen LogP contribution in [-0.4, -0.2) is 70.5 Å². The first-order valence-corrected chi connectivity index (χ1v) is 19.7. The largest absolute Gasteiger partial charge is 0.445 e. The van der Waals surface area contributed by atoms with Crippen LogP contribution >= 0.6 is 0 Å². The molecule has 0 spiro atoms. The average Bonchev–Trinajstić information content (AvgIpc) is 3.77. The number of benzene rings is 2. The summed E-state index contributed by atoms with van der Waals surface area (Å²) in [5, 5.41) is 0. The summed E-state index contributed by atoms with van der Waals surface area (Å²) >= 11 is 0. The molecule has 1 saturated heterocycles. The van der Waals surface area contributed by atoms with Gasteiger partial charge in [-0.25, -0.2) is 31.9 Å². The Balaban J connectivity index is 1.43. The number of carbonyl (C=O) groups is 3. The maximum atomic E-state index is 14.4. The molecule has 0 N–H and O–H groups in total. The summed E-state index contributed by atoms with van der Waals surface area (Å²) in [6.07, 6.45) is 4.26. The van der Waals surface area contributed by atoms with Crippen molar-refractivity contribution in [3.8, 4) is 0 Å². The van der Waals surface area contributed by atoms with Crippen molar-refractivity contribution in [3.63, 3.8) is 0 Å². The molecule has 1 aliphatic heterocycles. The number of hydrogen-bond donors (Lipinski definition) is 0. The summed E-state index contributed by atoms with van der Waals surface area (Å²) in [4.78, 5) is 53.4. The number of Topliss-reactive ketones (excluding diaryl/α,β-unsaturated/α-hetero) is 1. The van der Waals surface area contributed by atoms with Crippen LogP contribution in [0.2, 0.25) is 0 Å². The normalized spacial score (nSPS) is 16.9. The summed E-state index contributed by atoms with van der Waals surface area (Å²) in [6.45, 7) is 13.7. The van der Waals surface area contributed by atoms with Crippen molar-refractivity contribution in [3.05, 3.63) is 84.2 Å². The molecular weight excluding hydrogens is 695 g/mol. The van der Waals surface area contributed by atoms with E-state index in [4.69, 9.17) is 9.47 Å². The van der Waals surface area contributed by atoms with Gasteiger partial charge in [0.2, 0.25) is 0 Å². The SMILES string of the molecule is CCC(CC)CC(C)[C@@H]1CN(C(=O)OCc2ccccc2)C[C@@H]1C(=O)CN(C(=O)OC(C)(C)C)c1cnc2c(ccn2S(=O)(=O)c2ccc(C)cc2)n1. The highest BCUT2D eigenvalue weighted by molar-refractivity contribution is 7.90. The molecule has 53 heavy (non-hydrogen) atoms. The van der Waals surface area contributed by atoms with Gasteiger partial charge in [0.15, 0.2) is 17.2 Å². The Bertz CT molecular complexity index is 2000. The van der Waals surface area contributed by atoms with Crippen LogP contribution in [0, 0.1) is 30.6 Å². The minimum atomic E-state index is -3.99. The summed E-state index contributed by atoms with van der Waals surface area (Å²) < 4.78 is 39.4. The van der Waals surface area contributed by atoms with Gasteiger partial charge >= 0.3 is 12.2 Å². The molecule has 1 aliphatic rings. The third kappa shape index (κ3) is 9.42. The number of anilines is 1. The minimum Gasteiger partial charge on any atom is -0.445 e. The molecule has 2 amide bonds. The maximum absolute atomic E-state index is 14.4. The maximum Gasteiger partial charge on any atom is 0.416 e. The highest BCUT2D eigenvalue weighted by Gasteiger charge is 2.44. The Morgan fingerprint density at radius 2 is 1.66 bits per heavy atom. The van der Waals surface area contributed by atoms with Gasteiger partial charge in [-0.15, -0.1) is 0 Å². The van der Waals surface area contributed by atoms with Crippen LogP contribution in [0.4, 0.5) is 15.4 Å². The second-order valence-electron chi connectivity index (χ2n) is 15.0. The number of nitrogens with zero attached hydrogens (tertiary/aromatic N) is 5. The van der Waals surface area contributed by atoms with Gasteiger partial charge in [0.05, 0.1) is 17.6 Å². The number of rotatable bonds is 13. The molecule has 1 fully saturated rings. The molecule has 1 unspecified atom stereocenters. The van der Waals surface area contributed by atoms with Crippen molar-refractivity contribution in [1.82, 2.24) is 18.8 Å². The summed E-state index contributed by atoms with van der Waals surface area (Å²) in [6, 6.07) is 17.4. The van der Waals surface area contributed by atoms with E-state index < -0.39 is 33.7 Å². The zero-order chi connectivity index (χ0) is 38.5. The van der Waals surface area contributed by atoms with Crippen LogP contribution in [-0.2, 0) is 30.9 Å². The zero-order valence-electron chi connectivity index (χ0n) is 31.7. The molecule has 0 radical (unpaired) electrons. The fourth-order valence-corrected chi connectivity index (χ4v) is 8.18. The number of carbonyl (C=O) groups excluding carboxylic acids is 3. The molecule has 0 bridgehead atoms. The molecule has 5 rings (SSSR count). The smallest absolute Gasteiger partial charge is 0.416 e. The Morgan fingerprint density at radius 3 is 2.30 bits per heavy atom. The van der Waals surface area contributed by atoms with Crippen LogP contribution in [0.25, 0.3) is 11.2 Å². The fourth-order valence-electron chi connectivity index (χ4n) is 6.88. The topological polar surface area (TPSA) is 141 Å². The van der Waals surface area contributed by atoms with Crippen LogP contribution in [0.5, 0.6) is 0 Å². The lowest BCUT2D eigenvalue weighted by Gasteiger charge is -2.29. The van der Waals surface area contributed by atoms with Gasteiger partial charge in [-0.1, -0.05) is 81.6 Å². The first-order chi connectivity index (χ1) is 25.1. The van der Waals surface area contributed by atoms with E-state index in [1.165, 1.54) is 30.6 Å². The zero-order valence-corrected chi connectivity index (χ0v) is 32.5. The fraction of sp³-hybridized carbons (Fsp3) is 0.475. The quantitative estimate of drug-likeness (QED) is 0.135. The Morgan fingerprint density at radius 1 is 0.981 bits per heavy atom. The van der Waals surface area contributed by atoms with Gasteiger partial charge in [0, 0.05) is 25.2 Å². The predicted octanol–water partition coefficient (Wildman–Crippen LogP) is 7.63. The second-order valence-corrected chi connectivity index (χ2v) is 16.8. The van der Waals surface area contributed by atoms with Crippen LogP contribution in [0.15, 0.2) is 78.0 Å². The molecule has 4 aromatic rings. The predicted molar refractivity (Wildman–Crippen MR) is 203 cm³/mol. The van der Waals surface area contributed by atoms with Gasteiger partial charge < -0.3 is 14.4 Å². The van der Waals surface area contributed by atoms with Gasteiger partial charge in [0.25, 0.3) is 10.0 Å². The number of fused-ring (bicyclic) bond motifs is 1. The third-order valence-electron chi connectivity index (χ3n) is 9.96. The van der Waals surface area contributed by atoms with E-state index in [2.05, 4.69) is 30.7 Å². The lowest BCUT2D eigenvalue weighted by atomic mass is 9.77. The number of likely N-dealkylation sites (tertiary alicyclic amines) is 1. The molecule has 0 saturated carbocycles. The average molecular weight is 746 g/mol. The lowest BCUT2D eigenvalue weighted by molar-refractivity contribution is -0.122. The molecule has 284 valence electrons. The summed E-state index contributed by atoms with van der Waals surface area (Å²) in [5.41, 5.74) is 1.17. The van der Waals surface area contributed by atoms with E-state index in [1.807, 2.05) is 37.3 Å². The Kier molecular flexibility index (Phi) is 12.3. The minimum absolute atomic E-state index is 0.0318. The summed E-state index contributed by atoms with van der Waals surface area (Å²) in [5.74, 6) is -0.376. The van der Waals surface area contributed by atoms with E-state index in [-0.39, 0.29) is 59.2 Å². The number of ether oxygens (including phenoxy) is 2. The van der Waals surface area contributed by atoms with E-state index in [9.17, 15) is 22.8 Å². The molecule has 13 heteroatoms.